The van der Waals surface area contributed by atoms with Crippen molar-refractivity contribution in [2.75, 3.05) is 19.7 Å². The van der Waals surface area contributed by atoms with Gasteiger partial charge in [-0.2, -0.15) is 0 Å². The Morgan fingerprint density at radius 3 is 2.22 bits per heavy atom. The molecule has 1 heterocycles. The van der Waals surface area contributed by atoms with Gasteiger partial charge in [-0.15, -0.1) is 0 Å². The molecule has 0 saturated heterocycles. The highest BCUT2D eigenvalue weighted by Gasteiger charge is 2.35. The maximum Gasteiger partial charge on any atom is 0.321 e. The van der Waals surface area contributed by atoms with Crippen molar-refractivity contribution < 1.29 is 28.7 Å². The number of hydrogen-bond donors (Lipinski definition) is 2. The van der Waals surface area contributed by atoms with Crippen molar-refractivity contribution in [3.63, 3.8) is 0 Å². The van der Waals surface area contributed by atoms with Gasteiger partial charge in [0.15, 0.2) is 6.61 Å². The van der Waals surface area contributed by atoms with Gasteiger partial charge in [0.2, 0.25) is 0 Å². The Morgan fingerprint density at radius 1 is 1.07 bits per heavy atom. The molecule has 0 unspecified atom stereocenters. The molecule has 1 aliphatic heterocycles. The van der Waals surface area contributed by atoms with Crippen LogP contribution >= 0.6 is 0 Å². The Kier molecular flexibility index (Phi) is 6.64. The molecule has 2 rings (SSSR count). The number of amides is 5. The predicted octanol–water partition coefficient (Wildman–Crippen LogP) is 0.698. The van der Waals surface area contributed by atoms with E-state index in [-0.39, 0.29) is 18.9 Å². The fourth-order valence-electron chi connectivity index (χ4n) is 2.37. The van der Waals surface area contributed by atoms with Crippen molar-refractivity contribution in [2.45, 2.75) is 20.3 Å². The molecule has 144 valence electrons. The average molecular weight is 375 g/mol. The number of imide groups is 2. The van der Waals surface area contributed by atoms with Gasteiger partial charge in [0.1, 0.15) is 0 Å². The van der Waals surface area contributed by atoms with Crippen LogP contribution in [0.1, 0.15) is 41.0 Å². The topological polar surface area (TPSA) is 122 Å². The van der Waals surface area contributed by atoms with Gasteiger partial charge in [0, 0.05) is 13.1 Å². The fraction of sp³-hybridized carbons (Fsp3) is 0.389. The van der Waals surface area contributed by atoms with Gasteiger partial charge in [0.05, 0.1) is 17.5 Å². The van der Waals surface area contributed by atoms with Crippen LogP contribution in [0.2, 0.25) is 0 Å². The highest BCUT2D eigenvalue weighted by Crippen LogP contribution is 2.22. The van der Waals surface area contributed by atoms with Gasteiger partial charge in [-0.05, 0) is 18.1 Å². The Hall–Kier alpha value is -3.23. The number of fused-ring (bicyclic) bond motifs is 1. The first-order valence-electron chi connectivity index (χ1n) is 8.48. The Bertz CT molecular complexity index is 739. The molecule has 2 N–H and O–H groups in total. The standard InChI is InChI=1S/C18H21N3O6/c1-11(2)9-19-18(26)20-14(22)10-27-15(23)7-8-21-16(24)12-5-3-4-6-13(12)17(21)25/h3-6,11H,7-10H2,1-2H3,(H2,19,20,22,26). The maximum atomic E-state index is 12.2. The van der Waals surface area contributed by atoms with Crippen molar-refractivity contribution in [1.82, 2.24) is 15.5 Å². The van der Waals surface area contributed by atoms with Crippen LogP contribution in [0.25, 0.3) is 0 Å². The number of carbonyl (C=O) groups is 5. The molecule has 0 atom stereocenters. The average Bonchev–Trinajstić information content (AvgIpc) is 2.87. The molecular weight excluding hydrogens is 354 g/mol. The highest BCUT2D eigenvalue weighted by molar-refractivity contribution is 6.21. The van der Waals surface area contributed by atoms with Gasteiger partial charge >= 0.3 is 12.0 Å². The second-order valence-corrected chi connectivity index (χ2v) is 6.37. The van der Waals surface area contributed by atoms with E-state index in [0.29, 0.717) is 17.7 Å². The van der Waals surface area contributed by atoms with Crippen molar-refractivity contribution in [3.8, 4) is 0 Å². The summed E-state index contributed by atoms with van der Waals surface area (Å²) >= 11 is 0. The normalized spacial score (nSPS) is 12.8. The zero-order chi connectivity index (χ0) is 20.0. The number of rotatable bonds is 7. The number of carbonyl (C=O) groups excluding carboxylic acids is 5. The summed E-state index contributed by atoms with van der Waals surface area (Å²) in [6.45, 7) is 3.42. The summed E-state index contributed by atoms with van der Waals surface area (Å²) in [7, 11) is 0. The molecule has 1 aromatic carbocycles. The highest BCUT2D eigenvalue weighted by atomic mass is 16.5. The van der Waals surface area contributed by atoms with Crippen LogP contribution in [0.5, 0.6) is 0 Å². The third-order valence-electron chi connectivity index (χ3n) is 3.71. The smallest absolute Gasteiger partial charge is 0.321 e. The van der Waals surface area contributed by atoms with Crippen molar-refractivity contribution in [1.29, 1.82) is 0 Å². The van der Waals surface area contributed by atoms with Gasteiger partial charge in [-0.1, -0.05) is 26.0 Å². The van der Waals surface area contributed by atoms with E-state index in [1.165, 1.54) is 0 Å². The van der Waals surface area contributed by atoms with Gasteiger partial charge in [0.25, 0.3) is 17.7 Å². The van der Waals surface area contributed by atoms with E-state index in [2.05, 4.69) is 5.32 Å². The minimum atomic E-state index is -0.773. The lowest BCUT2D eigenvalue weighted by molar-refractivity contribution is -0.148. The second-order valence-electron chi connectivity index (χ2n) is 6.37. The van der Waals surface area contributed by atoms with E-state index in [0.717, 1.165) is 4.90 Å². The molecule has 0 spiro atoms. The van der Waals surface area contributed by atoms with Crippen LogP contribution in [-0.2, 0) is 14.3 Å². The fourth-order valence-corrected chi connectivity index (χ4v) is 2.37. The number of nitrogens with one attached hydrogen (secondary N) is 2. The molecule has 5 amide bonds. The second kappa shape index (κ2) is 8.93. The molecule has 0 bridgehead atoms. The summed E-state index contributed by atoms with van der Waals surface area (Å²) in [6, 6.07) is 5.72. The van der Waals surface area contributed by atoms with Gasteiger partial charge in [-0.25, -0.2) is 4.79 Å². The molecule has 0 fully saturated rings. The summed E-state index contributed by atoms with van der Waals surface area (Å²) in [4.78, 5) is 60.0. The lowest BCUT2D eigenvalue weighted by Gasteiger charge is -2.13. The molecule has 1 aliphatic rings. The first-order valence-corrected chi connectivity index (χ1v) is 8.48. The van der Waals surface area contributed by atoms with Crippen LogP contribution < -0.4 is 10.6 Å². The van der Waals surface area contributed by atoms with Crippen LogP contribution in [-0.4, -0.2) is 54.3 Å². The first kappa shape index (κ1) is 20.1. The summed E-state index contributed by atoms with van der Waals surface area (Å²) in [6.07, 6.45) is -0.252. The van der Waals surface area contributed by atoms with Crippen molar-refractivity contribution in [2.24, 2.45) is 5.92 Å². The minimum absolute atomic E-state index is 0.151. The minimum Gasteiger partial charge on any atom is -0.456 e. The number of urea groups is 1. The number of ether oxygens (including phenoxy) is 1. The largest absolute Gasteiger partial charge is 0.456 e. The SMILES string of the molecule is CC(C)CNC(=O)NC(=O)COC(=O)CCN1C(=O)c2ccccc2C1=O. The zero-order valence-corrected chi connectivity index (χ0v) is 15.1. The zero-order valence-electron chi connectivity index (χ0n) is 15.1. The summed E-state index contributed by atoms with van der Waals surface area (Å²) < 4.78 is 4.76. The van der Waals surface area contributed by atoms with Crippen LogP contribution in [0, 0.1) is 5.92 Å². The third kappa shape index (κ3) is 5.37. The van der Waals surface area contributed by atoms with Gasteiger partial charge in [-0.3, -0.25) is 29.4 Å². The van der Waals surface area contributed by atoms with E-state index < -0.39 is 36.3 Å². The van der Waals surface area contributed by atoms with E-state index in [1.807, 2.05) is 19.2 Å². The number of benzene rings is 1. The van der Waals surface area contributed by atoms with E-state index in [9.17, 15) is 24.0 Å². The summed E-state index contributed by atoms with van der Waals surface area (Å²) in [5, 5.41) is 4.52. The molecule has 0 radical (unpaired) electrons. The number of hydrogen-bond acceptors (Lipinski definition) is 6. The van der Waals surface area contributed by atoms with Crippen molar-refractivity contribution >= 4 is 29.7 Å². The van der Waals surface area contributed by atoms with E-state index in [1.54, 1.807) is 24.3 Å². The Balaban J connectivity index is 1.73. The molecule has 0 aromatic heterocycles. The lowest BCUT2D eigenvalue weighted by Crippen LogP contribution is -2.42. The number of nitrogens with zero attached hydrogens (tertiary/aromatic N) is 1. The molecule has 9 heteroatoms. The summed E-state index contributed by atoms with van der Waals surface area (Å²) in [5.41, 5.74) is 0.588. The molecule has 1 aromatic rings. The van der Waals surface area contributed by atoms with Crippen molar-refractivity contribution in [3.05, 3.63) is 35.4 Å². The Labute approximate surface area is 156 Å². The maximum absolute atomic E-state index is 12.2. The predicted molar refractivity (Wildman–Crippen MR) is 93.8 cm³/mol. The van der Waals surface area contributed by atoms with Gasteiger partial charge < -0.3 is 10.1 Å². The molecule has 0 saturated carbocycles. The third-order valence-corrected chi connectivity index (χ3v) is 3.71. The van der Waals surface area contributed by atoms with E-state index in [4.69, 9.17) is 4.74 Å². The summed E-state index contributed by atoms with van der Waals surface area (Å²) in [5.74, 6) is -2.24. The molecule has 9 nitrogen and oxygen atoms in total. The van der Waals surface area contributed by atoms with Crippen LogP contribution in [0.15, 0.2) is 24.3 Å². The molecule has 27 heavy (non-hydrogen) atoms. The quantitative estimate of drug-likeness (QED) is 0.534. The number of esters is 1. The first-order chi connectivity index (χ1) is 12.8. The molecule has 0 aliphatic carbocycles. The monoisotopic (exact) mass is 375 g/mol. The van der Waals surface area contributed by atoms with Crippen LogP contribution in [0.3, 0.4) is 0 Å². The van der Waals surface area contributed by atoms with Crippen LogP contribution in [0.4, 0.5) is 4.79 Å². The lowest BCUT2D eigenvalue weighted by atomic mass is 10.1. The Morgan fingerprint density at radius 2 is 1.67 bits per heavy atom. The van der Waals surface area contributed by atoms with E-state index >= 15 is 0 Å². The molecular formula is C18H21N3O6.